The highest BCUT2D eigenvalue weighted by atomic mass is 16.1. The minimum Gasteiger partial charge on any atom is -0.399 e. The van der Waals surface area contributed by atoms with Crippen molar-refractivity contribution in [2.24, 2.45) is 19.2 Å². The normalized spacial score (nSPS) is 17.3. The number of hydrogen-bond donors (Lipinski definition) is 3. The van der Waals surface area contributed by atoms with E-state index in [-0.39, 0.29) is 6.17 Å². The van der Waals surface area contributed by atoms with Crippen molar-refractivity contribution in [2.75, 3.05) is 22.6 Å². The van der Waals surface area contributed by atoms with Crippen LogP contribution < -0.4 is 27.0 Å². The molecule has 1 amide bonds. The first kappa shape index (κ1) is 18.0. The molecule has 1 aliphatic rings. The molecule has 2 aromatic carbocycles. The van der Waals surface area contributed by atoms with Crippen molar-refractivity contribution in [3.63, 3.8) is 0 Å². The van der Waals surface area contributed by atoms with Gasteiger partial charge in [-0.15, -0.1) is 5.10 Å². The summed E-state index contributed by atoms with van der Waals surface area (Å²) in [6.45, 7) is 0.942. The summed E-state index contributed by atoms with van der Waals surface area (Å²) in [5, 5.41) is 7.46. The van der Waals surface area contributed by atoms with Gasteiger partial charge in [-0.05, 0) is 55.3 Å². The Hall–Kier alpha value is -3.42. The van der Waals surface area contributed by atoms with Gasteiger partial charge in [0.05, 0.1) is 16.7 Å². The largest absolute Gasteiger partial charge is 0.399 e. The molecule has 2 heterocycles. The van der Waals surface area contributed by atoms with E-state index in [1.54, 1.807) is 0 Å². The SMILES string of the molecule is Cn1c(=NNc2ccc(N3CCCC3NC=O)cc2)n(C)c2cc(N)ccc21. The number of nitrogen functional groups attached to an aromatic ring is 1. The van der Waals surface area contributed by atoms with Crippen LogP contribution in [0.4, 0.5) is 17.1 Å². The van der Waals surface area contributed by atoms with Crippen molar-refractivity contribution < 1.29 is 4.79 Å². The molecule has 1 saturated heterocycles. The Balaban J connectivity index is 1.57. The number of hydrogen-bond acceptors (Lipinski definition) is 5. The molecule has 1 aliphatic heterocycles. The van der Waals surface area contributed by atoms with Crippen LogP contribution in [0.5, 0.6) is 0 Å². The second-order valence-electron chi connectivity index (χ2n) is 7.07. The quantitative estimate of drug-likeness (QED) is 0.357. The van der Waals surface area contributed by atoms with Gasteiger partial charge in [-0.25, -0.2) is 0 Å². The summed E-state index contributed by atoms with van der Waals surface area (Å²) >= 11 is 0. The van der Waals surface area contributed by atoms with E-state index in [0.29, 0.717) is 0 Å². The fraction of sp³-hybridized carbons (Fsp3) is 0.300. The number of nitrogens with one attached hydrogen (secondary N) is 2. The number of anilines is 3. The molecule has 28 heavy (non-hydrogen) atoms. The summed E-state index contributed by atoms with van der Waals surface area (Å²) in [5.74, 6) is 0. The average Bonchev–Trinajstić information content (AvgIpc) is 3.25. The van der Waals surface area contributed by atoms with Gasteiger partial charge >= 0.3 is 0 Å². The lowest BCUT2D eigenvalue weighted by Crippen LogP contribution is -2.40. The topological polar surface area (TPSA) is 92.6 Å². The zero-order valence-corrected chi connectivity index (χ0v) is 16.1. The first-order valence-corrected chi connectivity index (χ1v) is 9.35. The summed E-state index contributed by atoms with van der Waals surface area (Å²) < 4.78 is 4.03. The van der Waals surface area contributed by atoms with E-state index in [0.717, 1.165) is 59.5 Å². The summed E-state index contributed by atoms with van der Waals surface area (Å²) in [7, 11) is 3.95. The number of fused-ring (bicyclic) bond motifs is 1. The maximum atomic E-state index is 10.8. The van der Waals surface area contributed by atoms with Gasteiger partial charge in [-0.3, -0.25) is 10.2 Å². The van der Waals surface area contributed by atoms with Crippen LogP contribution in [0.1, 0.15) is 12.8 Å². The minimum atomic E-state index is 0.0725. The zero-order chi connectivity index (χ0) is 19.7. The van der Waals surface area contributed by atoms with E-state index in [1.807, 2.05) is 65.7 Å². The summed E-state index contributed by atoms with van der Waals surface area (Å²) in [4.78, 5) is 13.0. The fourth-order valence-electron chi connectivity index (χ4n) is 3.85. The average molecular weight is 379 g/mol. The first-order chi connectivity index (χ1) is 13.6. The van der Waals surface area contributed by atoms with E-state index in [4.69, 9.17) is 5.73 Å². The number of carbonyl (C=O) groups is 1. The second-order valence-corrected chi connectivity index (χ2v) is 7.07. The van der Waals surface area contributed by atoms with Crippen LogP contribution in [0.2, 0.25) is 0 Å². The Kier molecular flexibility index (Phi) is 4.68. The van der Waals surface area contributed by atoms with Gasteiger partial charge in [0, 0.05) is 32.0 Å². The zero-order valence-electron chi connectivity index (χ0n) is 16.1. The van der Waals surface area contributed by atoms with Crippen molar-refractivity contribution in [1.82, 2.24) is 14.5 Å². The highest BCUT2D eigenvalue weighted by Crippen LogP contribution is 2.25. The number of aryl methyl sites for hydroxylation is 2. The fourth-order valence-corrected chi connectivity index (χ4v) is 3.85. The number of imidazole rings is 1. The lowest BCUT2D eigenvalue weighted by Gasteiger charge is -2.26. The van der Waals surface area contributed by atoms with Crippen LogP contribution >= 0.6 is 0 Å². The minimum absolute atomic E-state index is 0.0725. The Labute approximate surface area is 163 Å². The molecule has 0 aliphatic carbocycles. The monoisotopic (exact) mass is 379 g/mol. The Morgan fingerprint density at radius 2 is 1.86 bits per heavy atom. The van der Waals surface area contributed by atoms with Crippen molar-refractivity contribution >= 4 is 34.5 Å². The van der Waals surface area contributed by atoms with Crippen molar-refractivity contribution in [1.29, 1.82) is 0 Å². The van der Waals surface area contributed by atoms with E-state index in [9.17, 15) is 4.79 Å². The molecular weight excluding hydrogens is 354 g/mol. The van der Waals surface area contributed by atoms with Crippen molar-refractivity contribution in [2.45, 2.75) is 19.0 Å². The molecule has 8 nitrogen and oxygen atoms in total. The third-order valence-corrected chi connectivity index (χ3v) is 5.32. The molecule has 0 radical (unpaired) electrons. The van der Waals surface area contributed by atoms with Gasteiger partial charge in [0.1, 0.15) is 6.17 Å². The van der Waals surface area contributed by atoms with Crippen LogP contribution in [0, 0.1) is 0 Å². The number of benzene rings is 2. The maximum Gasteiger partial charge on any atom is 0.227 e. The molecule has 0 bridgehead atoms. The Morgan fingerprint density at radius 3 is 2.61 bits per heavy atom. The third-order valence-electron chi connectivity index (χ3n) is 5.32. The lowest BCUT2D eigenvalue weighted by atomic mass is 10.2. The number of amides is 1. The van der Waals surface area contributed by atoms with Gasteiger partial charge in [-0.2, -0.15) is 0 Å². The summed E-state index contributed by atoms with van der Waals surface area (Å²) in [6, 6.07) is 13.9. The molecule has 1 fully saturated rings. The smallest absolute Gasteiger partial charge is 0.227 e. The van der Waals surface area contributed by atoms with Crippen molar-refractivity contribution in [3.8, 4) is 0 Å². The van der Waals surface area contributed by atoms with Gasteiger partial charge in [0.25, 0.3) is 0 Å². The van der Waals surface area contributed by atoms with E-state index in [2.05, 4.69) is 20.7 Å². The predicted octanol–water partition coefficient (Wildman–Crippen LogP) is 1.70. The molecule has 1 unspecified atom stereocenters. The van der Waals surface area contributed by atoms with Gasteiger partial charge in [0.2, 0.25) is 12.0 Å². The molecule has 8 heteroatoms. The first-order valence-electron chi connectivity index (χ1n) is 9.35. The van der Waals surface area contributed by atoms with E-state index < -0.39 is 0 Å². The molecule has 1 atom stereocenters. The van der Waals surface area contributed by atoms with Crippen LogP contribution in [-0.2, 0) is 18.9 Å². The second kappa shape index (κ2) is 7.30. The number of nitrogens with zero attached hydrogens (tertiary/aromatic N) is 4. The molecular formula is C20H25N7O. The molecule has 0 saturated carbocycles. The summed E-state index contributed by atoms with van der Waals surface area (Å²) in [6.07, 6.45) is 2.89. The molecule has 1 aromatic heterocycles. The van der Waals surface area contributed by atoms with Crippen LogP contribution in [0.15, 0.2) is 47.6 Å². The van der Waals surface area contributed by atoms with Gasteiger partial charge in [-0.1, -0.05) is 0 Å². The molecule has 4 rings (SSSR count). The number of aromatic nitrogens is 2. The highest BCUT2D eigenvalue weighted by Gasteiger charge is 2.23. The highest BCUT2D eigenvalue weighted by molar-refractivity contribution is 5.79. The van der Waals surface area contributed by atoms with Crippen LogP contribution in [0.25, 0.3) is 11.0 Å². The molecule has 0 spiro atoms. The van der Waals surface area contributed by atoms with E-state index in [1.165, 1.54) is 0 Å². The maximum absolute atomic E-state index is 10.8. The Morgan fingerprint density at radius 1 is 1.11 bits per heavy atom. The molecule has 4 N–H and O–H groups in total. The standard InChI is InChI=1S/C20H25N7O/c1-25-17-10-5-14(21)12-18(17)26(2)20(25)24-23-15-6-8-16(9-7-15)27-11-3-4-19(27)22-13-28/h5-10,12-13,19,23H,3-4,11,21H2,1-2H3,(H,22,28). The number of rotatable bonds is 5. The van der Waals surface area contributed by atoms with Crippen LogP contribution in [-0.4, -0.2) is 28.3 Å². The number of carbonyl (C=O) groups excluding carboxylic acids is 1. The van der Waals surface area contributed by atoms with Gasteiger partial charge in [0.15, 0.2) is 0 Å². The number of nitrogens with two attached hydrogens (primary N) is 1. The molecule has 146 valence electrons. The molecule has 3 aromatic rings. The van der Waals surface area contributed by atoms with Crippen molar-refractivity contribution in [3.05, 3.63) is 48.1 Å². The lowest BCUT2D eigenvalue weighted by molar-refractivity contribution is -0.110. The summed E-state index contributed by atoms with van der Waals surface area (Å²) in [5.41, 5.74) is 14.7. The third kappa shape index (κ3) is 3.17. The Bertz CT molecular complexity index is 1060. The predicted molar refractivity (Wildman–Crippen MR) is 111 cm³/mol. The van der Waals surface area contributed by atoms with Crippen LogP contribution in [0.3, 0.4) is 0 Å². The van der Waals surface area contributed by atoms with Gasteiger partial charge < -0.3 is 25.1 Å². The van der Waals surface area contributed by atoms with E-state index >= 15 is 0 Å².